The molecule has 0 heterocycles. The Morgan fingerprint density at radius 3 is 0.971 bits per heavy atom. The van der Waals surface area contributed by atoms with E-state index in [0.29, 0.717) is 23.2 Å². The molecule has 9 rings (SSSR count). The summed E-state index contributed by atoms with van der Waals surface area (Å²) in [5, 5.41) is 31.0. The molecule has 354 valence electrons. The fourth-order valence-electron chi connectivity index (χ4n) is 9.34. The zero-order valence-corrected chi connectivity index (χ0v) is 41.7. The predicted octanol–water partition coefficient (Wildman–Crippen LogP) is 17.3. The highest BCUT2D eigenvalue weighted by atomic mass is 16.3. The van der Waals surface area contributed by atoms with Gasteiger partial charge in [-0.25, -0.2) is 0 Å². The van der Waals surface area contributed by atoms with Gasteiger partial charge in [0.25, 0.3) is 0 Å². The molecule has 0 aromatic heterocycles. The van der Waals surface area contributed by atoms with E-state index in [-0.39, 0.29) is 29.1 Å². The van der Waals surface area contributed by atoms with E-state index in [1.54, 1.807) is 12.1 Å². The Morgan fingerprint density at radius 2 is 0.586 bits per heavy atom. The number of hydrogen-bond acceptors (Lipinski definition) is 3. The van der Waals surface area contributed by atoms with Crippen molar-refractivity contribution < 1.29 is 15.3 Å². The van der Waals surface area contributed by atoms with Crippen LogP contribution in [-0.4, -0.2) is 15.3 Å². The van der Waals surface area contributed by atoms with Gasteiger partial charge in [-0.2, -0.15) is 0 Å². The predicted molar refractivity (Wildman–Crippen MR) is 293 cm³/mol. The Hall–Kier alpha value is -7.62. The van der Waals surface area contributed by atoms with Crippen molar-refractivity contribution in [1.82, 2.24) is 0 Å². The lowest BCUT2D eigenvalue weighted by Gasteiger charge is -2.26. The van der Waals surface area contributed by atoms with Crippen LogP contribution in [0.1, 0.15) is 145 Å². The van der Waals surface area contributed by atoms with Crippen LogP contribution >= 0.6 is 0 Å². The summed E-state index contributed by atoms with van der Waals surface area (Å²) in [7, 11) is 0. The second-order valence-corrected chi connectivity index (χ2v) is 19.1. The highest BCUT2D eigenvalue weighted by molar-refractivity contribution is 5.54. The van der Waals surface area contributed by atoms with Gasteiger partial charge in [-0.3, -0.25) is 0 Å². The van der Waals surface area contributed by atoms with Gasteiger partial charge in [0.1, 0.15) is 17.2 Å². The van der Waals surface area contributed by atoms with Crippen molar-refractivity contribution in [2.75, 3.05) is 0 Å². The van der Waals surface area contributed by atoms with Gasteiger partial charge in [0.15, 0.2) is 0 Å². The van der Waals surface area contributed by atoms with E-state index in [1.807, 2.05) is 66.7 Å². The molecule has 0 aliphatic carbocycles. The third-order valence-corrected chi connectivity index (χ3v) is 14.2. The van der Waals surface area contributed by atoms with Gasteiger partial charge in [0.2, 0.25) is 0 Å². The summed E-state index contributed by atoms with van der Waals surface area (Å²) in [4.78, 5) is 0. The van der Waals surface area contributed by atoms with E-state index in [2.05, 4.69) is 206 Å². The Morgan fingerprint density at radius 1 is 0.286 bits per heavy atom. The van der Waals surface area contributed by atoms with Gasteiger partial charge < -0.3 is 15.3 Å². The van der Waals surface area contributed by atoms with Crippen molar-refractivity contribution in [2.24, 2.45) is 0 Å². The van der Waals surface area contributed by atoms with Crippen LogP contribution in [0, 0.1) is 0 Å². The molecule has 3 heteroatoms. The molecule has 70 heavy (non-hydrogen) atoms. The lowest BCUT2D eigenvalue weighted by atomic mass is 9.78. The van der Waals surface area contributed by atoms with Crippen molar-refractivity contribution in [3.05, 3.63) is 303 Å². The van der Waals surface area contributed by atoms with Gasteiger partial charge >= 0.3 is 0 Å². The topological polar surface area (TPSA) is 60.7 Å². The van der Waals surface area contributed by atoms with Gasteiger partial charge in [0.05, 0.1) is 0 Å². The van der Waals surface area contributed by atoms with Crippen molar-refractivity contribution in [1.29, 1.82) is 0 Å². The fourth-order valence-corrected chi connectivity index (χ4v) is 9.34. The highest BCUT2D eigenvalue weighted by Gasteiger charge is 2.24. The van der Waals surface area contributed by atoms with Gasteiger partial charge in [-0.05, 0) is 68.3 Å². The number of aromatic hydroxyl groups is 3. The first kappa shape index (κ1) is 50.3. The standard InChI is InChI=1S/C30H30O.C22H22O.C15H16O/c1-21(24-13-7-4-8-14-24)27-19-28(22(2)25-15-9-5-10-16-25)30(31)29(20-27)23(3)26-17-11-6-12-18-26;1-16(18-9-5-3-6-10-18)20-13-14-22(23)21(15-20)17(2)19-11-7-4-8-12-19;1-15(2,12-6-4-3-5-7-12)13-8-10-14(16)11-9-13/h4-23,31H,1-3H3;3-17,23H,1-2H3;3-11,16H,1-2H3. The molecular formula is C67H68O3. The Bertz CT molecular complexity index is 2900. The molecule has 9 aromatic carbocycles. The zero-order valence-electron chi connectivity index (χ0n) is 41.7. The first-order valence-corrected chi connectivity index (χ1v) is 24.6. The lowest BCUT2D eigenvalue weighted by molar-refractivity contribution is 0.456. The van der Waals surface area contributed by atoms with Crippen molar-refractivity contribution in [3.8, 4) is 17.2 Å². The minimum Gasteiger partial charge on any atom is -0.508 e. The third-order valence-electron chi connectivity index (χ3n) is 14.2. The molecule has 0 bridgehead atoms. The van der Waals surface area contributed by atoms with Crippen molar-refractivity contribution in [2.45, 2.75) is 83.5 Å². The van der Waals surface area contributed by atoms with E-state index in [9.17, 15) is 15.3 Å². The molecule has 0 saturated carbocycles. The van der Waals surface area contributed by atoms with E-state index in [0.717, 1.165) is 16.7 Å². The van der Waals surface area contributed by atoms with E-state index in [4.69, 9.17) is 0 Å². The summed E-state index contributed by atoms with van der Waals surface area (Å²) in [5.74, 6) is 2.01. The minimum absolute atomic E-state index is 0.0328. The quantitative estimate of drug-likeness (QED) is 0.114. The SMILES string of the molecule is CC(C)(c1ccccc1)c1ccc(O)cc1.CC(c1ccccc1)c1cc(C(C)c2ccccc2)c(O)c(C(C)c2ccccc2)c1.CC(c1ccccc1)c1ccc(O)c(C(C)c2ccccc2)c1. The average Bonchev–Trinajstić information content (AvgIpc) is 3.42. The molecule has 0 aliphatic heterocycles. The molecule has 0 aliphatic rings. The molecule has 0 spiro atoms. The third kappa shape index (κ3) is 12.3. The molecule has 3 nitrogen and oxygen atoms in total. The summed E-state index contributed by atoms with van der Waals surface area (Å²) in [5.41, 5.74) is 14.1. The Labute approximate surface area is 417 Å². The highest BCUT2D eigenvalue weighted by Crippen LogP contribution is 2.42. The molecule has 3 N–H and O–H groups in total. The minimum atomic E-state index is -0.0328. The lowest BCUT2D eigenvalue weighted by Crippen LogP contribution is -2.18. The molecule has 0 amide bonds. The van der Waals surface area contributed by atoms with Crippen molar-refractivity contribution >= 4 is 0 Å². The summed E-state index contributed by atoms with van der Waals surface area (Å²) >= 11 is 0. The van der Waals surface area contributed by atoms with Crippen LogP contribution in [0.15, 0.2) is 237 Å². The zero-order chi connectivity index (χ0) is 49.6. The van der Waals surface area contributed by atoms with Crippen LogP contribution < -0.4 is 0 Å². The van der Waals surface area contributed by atoms with Gasteiger partial charge in [-0.1, -0.05) is 267 Å². The first-order chi connectivity index (χ1) is 33.8. The van der Waals surface area contributed by atoms with Crippen LogP contribution in [0.25, 0.3) is 0 Å². The average molecular weight is 921 g/mol. The van der Waals surface area contributed by atoms with Crippen LogP contribution in [0.4, 0.5) is 0 Å². The monoisotopic (exact) mass is 921 g/mol. The summed E-state index contributed by atoms with van der Waals surface area (Å²) < 4.78 is 0. The van der Waals surface area contributed by atoms with Gasteiger partial charge in [0, 0.05) is 51.7 Å². The maximum absolute atomic E-state index is 11.4. The Balaban J connectivity index is 0.000000163. The maximum atomic E-state index is 11.4. The molecule has 5 atom stereocenters. The summed E-state index contributed by atoms with van der Waals surface area (Å²) in [6.07, 6.45) is 0. The van der Waals surface area contributed by atoms with Crippen LogP contribution in [0.3, 0.4) is 0 Å². The Kier molecular flexibility index (Phi) is 16.9. The number of phenols is 3. The maximum Gasteiger partial charge on any atom is 0.123 e. The largest absolute Gasteiger partial charge is 0.508 e. The number of benzene rings is 9. The van der Waals surface area contributed by atoms with Crippen LogP contribution in [-0.2, 0) is 5.41 Å². The first-order valence-electron chi connectivity index (χ1n) is 24.6. The molecule has 0 fully saturated rings. The summed E-state index contributed by atoms with van der Waals surface area (Å²) in [6, 6.07) is 80.5. The second-order valence-electron chi connectivity index (χ2n) is 19.1. The molecular weight excluding hydrogens is 853 g/mol. The molecule has 0 saturated heterocycles. The smallest absolute Gasteiger partial charge is 0.123 e. The normalized spacial score (nSPS) is 13.2. The molecule has 9 aromatic rings. The van der Waals surface area contributed by atoms with Crippen molar-refractivity contribution in [3.63, 3.8) is 0 Å². The number of hydrogen-bond donors (Lipinski definition) is 3. The molecule has 5 unspecified atom stereocenters. The number of phenolic OH excluding ortho intramolecular Hbond substituents is 3. The van der Waals surface area contributed by atoms with E-state index >= 15 is 0 Å². The summed E-state index contributed by atoms with van der Waals surface area (Å²) in [6.45, 7) is 15.3. The fraction of sp³-hybridized carbons (Fsp3) is 0.194. The van der Waals surface area contributed by atoms with Crippen LogP contribution in [0.5, 0.6) is 17.2 Å². The van der Waals surface area contributed by atoms with Gasteiger partial charge in [-0.15, -0.1) is 0 Å². The second kappa shape index (κ2) is 23.6. The van der Waals surface area contributed by atoms with Crippen LogP contribution in [0.2, 0.25) is 0 Å². The molecule has 0 radical (unpaired) electrons. The number of rotatable bonds is 12. The van der Waals surface area contributed by atoms with E-state index < -0.39 is 0 Å². The van der Waals surface area contributed by atoms with E-state index in [1.165, 1.54) is 50.1 Å².